The van der Waals surface area contributed by atoms with Gasteiger partial charge >= 0.3 is 0 Å². The molecule has 0 radical (unpaired) electrons. The number of nitrogens with zero attached hydrogens (tertiary/aromatic N) is 2. The third-order valence-corrected chi connectivity index (χ3v) is 4.13. The molecule has 0 saturated carbocycles. The number of carbonyl (C=O) groups excluding carboxylic acids is 1. The first-order chi connectivity index (χ1) is 10.5. The number of nitro groups is 1. The normalized spacial score (nSPS) is 10.8. The summed E-state index contributed by atoms with van der Waals surface area (Å²) in [5, 5.41) is 22.3. The average Bonchev–Trinajstić information content (AvgIpc) is 2.90. The van der Waals surface area contributed by atoms with Gasteiger partial charge in [0.2, 0.25) is 0 Å². The second kappa shape index (κ2) is 6.98. The zero-order chi connectivity index (χ0) is 16.1. The van der Waals surface area contributed by atoms with Gasteiger partial charge < -0.3 is 5.32 Å². The van der Waals surface area contributed by atoms with E-state index in [2.05, 4.69) is 21.2 Å². The average molecular weight is 378 g/mol. The maximum Gasteiger partial charge on any atom is 0.271 e. The number of nitriles is 1. The van der Waals surface area contributed by atoms with Crippen molar-refractivity contribution in [3.63, 3.8) is 0 Å². The van der Waals surface area contributed by atoms with Crippen molar-refractivity contribution in [3.8, 4) is 6.07 Å². The number of nitro benzene ring substituents is 1. The predicted molar refractivity (Wildman–Crippen MR) is 87.3 cm³/mol. The van der Waals surface area contributed by atoms with Crippen LogP contribution >= 0.6 is 27.3 Å². The van der Waals surface area contributed by atoms with E-state index in [0.29, 0.717) is 0 Å². The SMILES string of the molecule is N#CC(=Cc1ccc(Br)s1)C(=O)Nc1cccc([N+](=O)[O-])c1. The van der Waals surface area contributed by atoms with Gasteiger partial charge in [-0.3, -0.25) is 14.9 Å². The fourth-order valence-corrected chi connectivity index (χ4v) is 2.96. The number of anilines is 1. The summed E-state index contributed by atoms with van der Waals surface area (Å²) in [4.78, 5) is 22.9. The van der Waals surface area contributed by atoms with Gasteiger partial charge in [0, 0.05) is 22.7 Å². The van der Waals surface area contributed by atoms with E-state index in [4.69, 9.17) is 5.26 Å². The van der Waals surface area contributed by atoms with Gasteiger partial charge in [-0.1, -0.05) is 6.07 Å². The smallest absolute Gasteiger partial charge is 0.271 e. The number of thiophene rings is 1. The van der Waals surface area contributed by atoms with Crippen LogP contribution in [0.3, 0.4) is 0 Å². The second-order valence-electron chi connectivity index (χ2n) is 4.07. The zero-order valence-corrected chi connectivity index (χ0v) is 13.3. The lowest BCUT2D eigenvalue weighted by molar-refractivity contribution is -0.384. The van der Waals surface area contributed by atoms with E-state index in [1.165, 1.54) is 41.7 Å². The molecule has 8 heteroatoms. The highest BCUT2D eigenvalue weighted by molar-refractivity contribution is 9.11. The fraction of sp³-hybridized carbons (Fsp3) is 0. The molecule has 1 amide bonds. The number of nitrogens with one attached hydrogen (secondary N) is 1. The monoisotopic (exact) mass is 377 g/mol. The third-order valence-electron chi connectivity index (χ3n) is 2.56. The van der Waals surface area contributed by atoms with Gasteiger partial charge in [-0.05, 0) is 40.2 Å². The standard InChI is InChI=1S/C14H8BrN3O3S/c15-13-5-4-12(22-13)6-9(8-16)14(19)17-10-2-1-3-11(7-10)18(20)21/h1-7H,(H,17,19). The maximum absolute atomic E-state index is 12.1. The van der Waals surface area contributed by atoms with Gasteiger partial charge in [0.25, 0.3) is 11.6 Å². The molecule has 2 rings (SSSR count). The summed E-state index contributed by atoms with van der Waals surface area (Å²) in [6.45, 7) is 0. The molecule has 0 saturated heterocycles. The minimum atomic E-state index is -0.618. The molecule has 0 unspecified atom stereocenters. The molecule has 1 heterocycles. The van der Waals surface area contributed by atoms with Gasteiger partial charge in [-0.25, -0.2) is 0 Å². The lowest BCUT2D eigenvalue weighted by Gasteiger charge is -2.03. The molecule has 1 aromatic heterocycles. The quantitative estimate of drug-likeness (QED) is 0.377. The molecule has 110 valence electrons. The highest BCUT2D eigenvalue weighted by Gasteiger charge is 2.12. The zero-order valence-electron chi connectivity index (χ0n) is 10.9. The number of rotatable bonds is 4. The number of hydrogen-bond donors (Lipinski definition) is 1. The van der Waals surface area contributed by atoms with Crippen LogP contribution in [-0.4, -0.2) is 10.8 Å². The van der Waals surface area contributed by atoms with Gasteiger partial charge in [0.15, 0.2) is 0 Å². The predicted octanol–water partition coefficient (Wildman–Crippen LogP) is 3.96. The molecule has 1 aromatic carbocycles. The molecule has 0 aliphatic carbocycles. The van der Waals surface area contributed by atoms with E-state index in [1.807, 2.05) is 12.1 Å². The van der Waals surface area contributed by atoms with Crippen LogP contribution in [0, 0.1) is 21.4 Å². The van der Waals surface area contributed by atoms with Crippen LogP contribution in [0.25, 0.3) is 6.08 Å². The number of benzene rings is 1. The van der Waals surface area contributed by atoms with Crippen LogP contribution in [-0.2, 0) is 4.79 Å². The lowest BCUT2D eigenvalue weighted by atomic mass is 10.2. The van der Waals surface area contributed by atoms with Crippen LogP contribution in [0.5, 0.6) is 0 Å². The summed E-state index contributed by atoms with van der Waals surface area (Å²) in [7, 11) is 0. The summed E-state index contributed by atoms with van der Waals surface area (Å²) in [6, 6.07) is 10.9. The Kier molecular flexibility index (Phi) is 5.04. The van der Waals surface area contributed by atoms with Crippen molar-refractivity contribution in [2.45, 2.75) is 0 Å². The van der Waals surface area contributed by atoms with E-state index >= 15 is 0 Å². The van der Waals surface area contributed by atoms with Gasteiger partial charge in [-0.2, -0.15) is 5.26 Å². The number of amides is 1. The van der Waals surface area contributed by atoms with Crippen LogP contribution in [0.4, 0.5) is 11.4 Å². The van der Waals surface area contributed by atoms with Crippen molar-refractivity contribution < 1.29 is 9.72 Å². The fourth-order valence-electron chi connectivity index (χ4n) is 1.59. The summed E-state index contributed by atoms with van der Waals surface area (Å²) in [6.07, 6.45) is 1.46. The molecular formula is C14H8BrN3O3S. The van der Waals surface area contributed by atoms with Crippen molar-refractivity contribution in [1.29, 1.82) is 5.26 Å². The Morgan fingerprint density at radius 1 is 1.41 bits per heavy atom. The molecule has 6 nitrogen and oxygen atoms in total. The van der Waals surface area contributed by atoms with Gasteiger partial charge in [0.05, 0.1) is 8.71 Å². The largest absolute Gasteiger partial charge is 0.321 e. The summed E-state index contributed by atoms with van der Waals surface area (Å²) < 4.78 is 0.884. The van der Waals surface area contributed by atoms with Crippen molar-refractivity contribution in [2.24, 2.45) is 0 Å². The van der Waals surface area contributed by atoms with Gasteiger partial charge in [-0.15, -0.1) is 11.3 Å². The Morgan fingerprint density at radius 2 is 2.18 bits per heavy atom. The highest BCUT2D eigenvalue weighted by Crippen LogP contribution is 2.24. The minimum Gasteiger partial charge on any atom is -0.321 e. The molecule has 0 bridgehead atoms. The van der Waals surface area contributed by atoms with E-state index in [0.717, 1.165) is 8.66 Å². The Balaban J connectivity index is 2.20. The van der Waals surface area contributed by atoms with Crippen molar-refractivity contribution in [3.05, 3.63) is 60.7 Å². The van der Waals surface area contributed by atoms with Crippen LogP contribution < -0.4 is 5.32 Å². The van der Waals surface area contributed by atoms with E-state index in [9.17, 15) is 14.9 Å². The number of halogens is 1. The van der Waals surface area contributed by atoms with Crippen molar-refractivity contribution in [2.75, 3.05) is 5.32 Å². The number of hydrogen-bond acceptors (Lipinski definition) is 5. The number of non-ortho nitro benzene ring substituents is 1. The minimum absolute atomic E-state index is 0.0825. The Morgan fingerprint density at radius 3 is 2.77 bits per heavy atom. The maximum atomic E-state index is 12.1. The summed E-state index contributed by atoms with van der Waals surface area (Å²) in [5.74, 6) is -0.618. The van der Waals surface area contributed by atoms with Crippen molar-refractivity contribution >= 4 is 50.6 Å². The first kappa shape index (κ1) is 15.9. The molecule has 1 N–H and O–H groups in total. The molecule has 22 heavy (non-hydrogen) atoms. The Bertz CT molecular complexity index is 808. The summed E-state index contributed by atoms with van der Waals surface area (Å²) >= 11 is 4.68. The van der Waals surface area contributed by atoms with Crippen LogP contribution in [0.2, 0.25) is 0 Å². The number of carbonyl (C=O) groups is 1. The molecular weight excluding hydrogens is 370 g/mol. The molecule has 2 aromatic rings. The molecule has 0 aliphatic rings. The van der Waals surface area contributed by atoms with Gasteiger partial charge in [0.1, 0.15) is 11.6 Å². The molecule has 0 spiro atoms. The van der Waals surface area contributed by atoms with Crippen molar-refractivity contribution in [1.82, 2.24) is 0 Å². The van der Waals surface area contributed by atoms with E-state index in [-0.39, 0.29) is 16.9 Å². The third kappa shape index (κ3) is 4.00. The van der Waals surface area contributed by atoms with E-state index in [1.54, 1.807) is 6.07 Å². The molecule has 0 fully saturated rings. The second-order valence-corrected chi connectivity index (χ2v) is 6.57. The highest BCUT2D eigenvalue weighted by atomic mass is 79.9. The first-order valence-corrected chi connectivity index (χ1v) is 7.53. The Labute approximate surface area is 138 Å². The lowest BCUT2D eigenvalue weighted by Crippen LogP contribution is -2.13. The Hall–Kier alpha value is -2.50. The van der Waals surface area contributed by atoms with Crippen LogP contribution in [0.15, 0.2) is 45.8 Å². The summed E-state index contributed by atoms with van der Waals surface area (Å²) in [5.41, 5.74) is 0.0380. The first-order valence-electron chi connectivity index (χ1n) is 5.92. The topological polar surface area (TPSA) is 96.0 Å². The van der Waals surface area contributed by atoms with Crippen LogP contribution in [0.1, 0.15) is 4.88 Å². The molecule has 0 atom stereocenters. The van der Waals surface area contributed by atoms with E-state index < -0.39 is 10.8 Å². The molecule has 0 aliphatic heterocycles.